The average molecular weight is 955 g/mol. The molecule has 1 unspecified atom stereocenters. The first-order valence-electron chi connectivity index (χ1n) is 19.6. The number of carbonyl (C=O) groups excluding carboxylic acids is 6. The van der Waals surface area contributed by atoms with E-state index in [1.165, 1.54) is 34.3 Å². The van der Waals surface area contributed by atoms with Crippen LogP contribution in [0.15, 0.2) is 54.6 Å². The molecule has 0 bridgehead atoms. The molecule has 2 aromatic carbocycles. The molecule has 0 radical (unpaired) electrons. The second-order valence-corrected chi connectivity index (χ2v) is 14.6. The number of hydrogen-bond donors (Lipinski definition) is 14. The fourth-order valence-electron chi connectivity index (χ4n) is 5.21. The number of hydrogen-bond acceptors (Lipinski definition) is 16. The lowest BCUT2D eigenvalue weighted by molar-refractivity contribution is -0.145. The van der Waals surface area contributed by atoms with E-state index >= 15 is 0 Å². The van der Waals surface area contributed by atoms with E-state index < -0.39 is 102 Å². The van der Waals surface area contributed by atoms with Gasteiger partial charge in [0, 0.05) is 24.3 Å². The van der Waals surface area contributed by atoms with Gasteiger partial charge >= 0.3 is 23.9 Å². The van der Waals surface area contributed by atoms with Crippen molar-refractivity contribution in [3.05, 3.63) is 54.6 Å². The number of nitrogens with one attached hydrogen (secondary N) is 4. The molecule has 65 heavy (non-hydrogen) atoms. The number of aliphatic carboxylic acids is 4. The fraction of sp³-hybridized carbons (Fsp3) is 0.436. The predicted octanol–water partition coefficient (Wildman–Crippen LogP) is -1.80. The second-order valence-electron chi connectivity index (χ2n) is 13.8. The molecule has 0 aromatic heterocycles. The van der Waals surface area contributed by atoms with Gasteiger partial charge < -0.3 is 63.4 Å². The lowest BCUT2D eigenvalue weighted by atomic mass is 9.96. The molecule has 26 heteroatoms. The molecule has 358 valence electrons. The van der Waals surface area contributed by atoms with E-state index in [1.54, 1.807) is 30.3 Å². The van der Waals surface area contributed by atoms with Gasteiger partial charge in [0.2, 0.25) is 29.2 Å². The average Bonchev–Trinajstić information content (AvgIpc) is 3.47. The van der Waals surface area contributed by atoms with Gasteiger partial charge in [-0.3, -0.25) is 47.9 Å². The molecule has 1 heterocycles. The van der Waals surface area contributed by atoms with Crippen molar-refractivity contribution in [3.63, 3.8) is 0 Å². The summed E-state index contributed by atoms with van der Waals surface area (Å²) in [6.45, 7) is 0.797. The molecule has 1 fully saturated rings. The number of unbranched alkanes of at least 4 members (excludes halogenated alkanes) is 1. The summed E-state index contributed by atoms with van der Waals surface area (Å²) in [5, 5.41) is 65.4. The number of hydrazine groups is 1. The Kier molecular flexibility index (Phi) is 24.7. The van der Waals surface area contributed by atoms with Crippen LogP contribution in [0.1, 0.15) is 51.9 Å². The molecule has 5 atom stereocenters. The first kappa shape index (κ1) is 56.5. The maximum atomic E-state index is 13.0. The van der Waals surface area contributed by atoms with Crippen molar-refractivity contribution < 1.29 is 78.6 Å². The number of nitrogens with two attached hydrogens (primary N) is 2. The summed E-state index contributed by atoms with van der Waals surface area (Å²) in [7, 11) is 0. The molecule has 24 nitrogen and oxygen atoms in total. The van der Waals surface area contributed by atoms with Gasteiger partial charge in [-0.15, -0.1) is 0 Å². The highest BCUT2D eigenvalue weighted by molar-refractivity contribution is 7.80. The molecule has 2 aromatic rings. The van der Waals surface area contributed by atoms with Crippen molar-refractivity contribution in [2.45, 2.75) is 81.6 Å². The van der Waals surface area contributed by atoms with E-state index in [4.69, 9.17) is 31.9 Å². The maximum absolute atomic E-state index is 13.0. The number of para-hydroxylation sites is 1. The van der Waals surface area contributed by atoms with Crippen LogP contribution in [0, 0.1) is 0 Å². The number of aliphatic hydroxyl groups is 1. The van der Waals surface area contributed by atoms with E-state index in [1.807, 2.05) is 6.92 Å². The van der Waals surface area contributed by atoms with Gasteiger partial charge in [-0.25, -0.2) is 10.0 Å². The van der Waals surface area contributed by atoms with E-state index in [0.717, 1.165) is 6.42 Å². The van der Waals surface area contributed by atoms with Gasteiger partial charge in [0.15, 0.2) is 0 Å². The first-order chi connectivity index (χ1) is 30.5. The summed E-state index contributed by atoms with van der Waals surface area (Å²) in [6, 6.07) is 10.3. The number of anilines is 2. The molecule has 0 aliphatic carbocycles. The Bertz CT molecular complexity index is 1910. The van der Waals surface area contributed by atoms with E-state index in [-0.39, 0.29) is 49.4 Å². The number of phenolic OH excluding ortho intramolecular Hbond substituents is 1. The number of benzene rings is 2. The minimum Gasteiger partial charge on any atom is -0.508 e. The van der Waals surface area contributed by atoms with Crippen LogP contribution in [-0.4, -0.2) is 144 Å². The predicted molar refractivity (Wildman–Crippen MR) is 237 cm³/mol. The van der Waals surface area contributed by atoms with Crippen LogP contribution < -0.4 is 42.8 Å². The maximum Gasteiger partial charge on any atom is 0.322 e. The summed E-state index contributed by atoms with van der Waals surface area (Å²) >= 11 is 7.75. The zero-order valence-electron chi connectivity index (χ0n) is 35.0. The minimum atomic E-state index is -2.08. The van der Waals surface area contributed by atoms with Crippen LogP contribution >= 0.6 is 25.3 Å². The summed E-state index contributed by atoms with van der Waals surface area (Å²) < 4.78 is 0. The first-order valence-corrected chi connectivity index (χ1v) is 20.8. The van der Waals surface area contributed by atoms with Crippen LogP contribution in [0.25, 0.3) is 0 Å². The molecule has 1 saturated heterocycles. The highest BCUT2D eigenvalue weighted by Gasteiger charge is 2.58. The highest BCUT2D eigenvalue weighted by atomic mass is 32.1. The number of amides is 6. The van der Waals surface area contributed by atoms with Gasteiger partial charge in [0.25, 0.3) is 11.8 Å². The Morgan fingerprint density at radius 3 is 1.38 bits per heavy atom. The van der Waals surface area contributed by atoms with Crippen LogP contribution in [0.4, 0.5) is 11.4 Å². The Labute approximate surface area is 382 Å². The second kappa shape index (κ2) is 28.3. The smallest absolute Gasteiger partial charge is 0.322 e. The van der Waals surface area contributed by atoms with E-state index in [0.29, 0.717) is 17.8 Å². The molecular formula is C39H54N8O16S2. The summed E-state index contributed by atoms with van der Waals surface area (Å²) in [5.74, 6) is -8.70. The Morgan fingerprint density at radius 2 is 1.05 bits per heavy atom. The van der Waals surface area contributed by atoms with Crippen LogP contribution in [0.5, 0.6) is 5.75 Å². The molecule has 1 aliphatic rings. The lowest BCUT2D eigenvalue weighted by Gasteiger charge is -2.27. The normalized spacial score (nSPS) is 15.9. The Morgan fingerprint density at radius 1 is 0.662 bits per heavy atom. The topological polar surface area (TPSA) is 399 Å². The number of thiol groups is 2. The van der Waals surface area contributed by atoms with Gasteiger partial charge in [0.1, 0.15) is 43.0 Å². The third-order valence-electron chi connectivity index (χ3n) is 8.77. The SMILES string of the molecule is CCCCC1(O)C(=O)N(c2ccccc2)N(c2ccc(O)cc2)C1=O.N[C@@H](CCC(=O)N[C@@H](CS)C(=O)NCC(=O)O)C(=O)O.N[C@@H](CCC(=O)N[C@@H](CS)C(=O)NCC(=O)O)C(=O)O. The van der Waals surface area contributed by atoms with Crippen molar-refractivity contribution in [3.8, 4) is 5.75 Å². The number of carboxylic acid groups (broad SMARTS) is 4. The number of carbonyl (C=O) groups is 10. The zero-order chi connectivity index (χ0) is 49.4. The van der Waals surface area contributed by atoms with Crippen LogP contribution in [0.3, 0.4) is 0 Å². The quantitative estimate of drug-likeness (QED) is 0.0431. The molecular weight excluding hydrogens is 901 g/mol. The van der Waals surface area contributed by atoms with Gasteiger partial charge in [-0.2, -0.15) is 25.3 Å². The van der Waals surface area contributed by atoms with E-state index in [9.17, 15) is 58.2 Å². The number of aromatic hydroxyl groups is 1. The molecule has 14 N–H and O–H groups in total. The number of carboxylic acids is 4. The Hall–Kier alpha value is -6.48. The fourth-order valence-corrected chi connectivity index (χ4v) is 5.73. The summed E-state index contributed by atoms with van der Waals surface area (Å²) in [4.78, 5) is 113. The van der Waals surface area contributed by atoms with Crippen molar-refractivity contribution in [2.24, 2.45) is 11.5 Å². The zero-order valence-corrected chi connectivity index (χ0v) is 36.8. The summed E-state index contributed by atoms with van der Waals surface area (Å²) in [5.41, 5.74) is 9.26. The molecule has 0 saturated carbocycles. The third kappa shape index (κ3) is 19.0. The Balaban J connectivity index is 0.000000494. The van der Waals surface area contributed by atoms with Crippen molar-refractivity contribution in [1.29, 1.82) is 0 Å². The lowest BCUT2D eigenvalue weighted by Crippen LogP contribution is -2.49. The number of rotatable bonds is 23. The van der Waals surface area contributed by atoms with Crippen LogP contribution in [0.2, 0.25) is 0 Å². The largest absolute Gasteiger partial charge is 0.508 e. The highest BCUT2D eigenvalue weighted by Crippen LogP contribution is 2.36. The van der Waals surface area contributed by atoms with Gasteiger partial charge in [0.05, 0.1) is 11.4 Å². The molecule has 3 rings (SSSR count). The van der Waals surface area contributed by atoms with E-state index in [2.05, 4.69) is 46.5 Å². The van der Waals surface area contributed by atoms with Gasteiger partial charge in [-0.1, -0.05) is 31.5 Å². The molecule has 1 aliphatic heterocycles. The van der Waals surface area contributed by atoms with Crippen molar-refractivity contribution in [2.75, 3.05) is 34.6 Å². The molecule has 6 amide bonds. The minimum absolute atomic E-state index is 0.0256. The van der Waals surface area contributed by atoms with Crippen LogP contribution in [-0.2, 0) is 47.9 Å². The number of nitrogens with zero attached hydrogens (tertiary/aromatic N) is 2. The monoisotopic (exact) mass is 954 g/mol. The third-order valence-corrected chi connectivity index (χ3v) is 9.51. The van der Waals surface area contributed by atoms with Crippen molar-refractivity contribution in [1.82, 2.24) is 21.3 Å². The summed E-state index contributed by atoms with van der Waals surface area (Å²) in [6.07, 6.45) is 0.912. The van der Waals surface area contributed by atoms with Gasteiger partial charge in [-0.05, 0) is 62.1 Å². The molecule has 0 spiro atoms. The standard InChI is InChI=1S/C19H20N2O4.2C10H17N3O6S/c1-2-3-13-19(25)17(23)20(14-7-5-4-6-8-14)21(18(19)24)15-9-11-16(22)12-10-15;2*11-5(10(18)19)1-2-7(14)13-6(4-20)9(17)12-3-8(15)16/h4-12,22,25H,2-3,13H2,1H3;2*5-6,20H,1-4,11H2,(H,12,17)(H,13,14)(H,15,16)(H,18,19)/t;2*5-,6-/m.00/s1. The number of phenols is 1. The van der Waals surface area contributed by atoms with Crippen molar-refractivity contribution >= 4 is 96.0 Å².